The summed E-state index contributed by atoms with van der Waals surface area (Å²) in [4.78, 5) is 11.4. The summed E-state index contributed by atoms with van der Waals surface area (Å²) in [6.07, 6.45) is 3.26. The van der Waals surface area contributed by atoms with Gasteiger partial charge in [-0.3, -0.25) is 0 Å². The summed E-state index contributed by atoms with van der Waals surface area (Å²) >= 11 is 8.17. The molecule has 0 N–H and O–H groups in total. The monoisotopic (exact) mass is 315 g/mol. The molecular formula is C15H26ClN3S. The van der Waals surface area contributed by atoms with Gasteiger partial charge >= 0.3 is 0 Å². The first-order valence-electron chi connectivity index (χ1n) is 6.94. The lowest BCUT2D eigenvalue weighted by Gasteiger charge is -2.29. The van der Waals surface area contributed by atoms with Gasteiger partial charge in [-0.25, -0.2) is 9.97 Å². The van der Waals surface area contributed by atoms with Crippen LogP contribution in [-0.2, 0) is 5.41 Å². The van der Waals surface area contributed by atoms with Crippen molar-refractivity contribution in [2.45, 2.75) is 52.5 Å². The predicted molar refractivity (Wildman–Crippen MR) is 91.3 cm³/mol. The number of rotatable bonds is 5. The van der Waals surface area contributed by atoms with Crippen LogP contribution in [-0.4, -0.2) is 35.1 Å². The lowest BCUT2D eigenvalue weighted by Crippen LogP contribution is -2.32. The Morgan fingerprint density at radius 2 is 1.90 bits per heavy atom. The van der Waals surface area contributed by atoms with E-state index in [4.69, 9.17) is 16.6 Å². The molecule has 1 aromatic heterocycles. The Balaban J connectivity index is 3.13. The second-order valence-electron chi connectivity index (χ2n) is 6.28. The summed E-state index contributed by atoms with van der Waals surface area (Å²) in [5, 5.41) is 0.559. The van der Waals surface area contributed by atoms with Crippen LogP contribution in [0.15, 0.2) is 0 Å². The van der Waals surface area contributed by atoms with Crippen LogP contribution in [0.4, 0.5) is 5.82 Å². The summed E-state index contributed by atoms with van der Waals surface area (Å²) in [5.74, 6) is 2.89. The van der Waals surface area contributed by atoms with Crippen molar-refractivity contribution in [2.24, 2.45) is 0 Å². The zero-order valence-electron chi connectivity index (χ0n) is 13.6. The Morgan fingerprint density at radius 1 is 1.30 bits per heavy atom. The third-order valence-electron chi connectivity index (χ3n) is 3.47. The second-order valence-corrected chi connectivity index (χ2v) is 7.62. The molecule has 20 heavy (non-hydrogen) atoms. The molecule has 0 spiro atoms. The zero-order valence-corrected chi connectivity index (χ0v) is 15.2. The normalized spacial score (nSPS) is 13.4. The van der Waals surface area contributed by atoms with E-state index in [1.807, 2.05) is 18.7 Å². The van der Waals surface area contributed by atoms with Gasteiger partial charge in [0.15, 0.2) is 0 Å². The highest BCUT2D eigenvalue weighted by atomic mass is 35.5. The molecule has 1 atom stereocenters. The van der Waals surface area contributed by atoms with Gasteiger partial charge in [0.2, 0.25) is 0 Å². The fourth-order valence-electron chi connectivity index (χ4n) is 1.85. The number of thioether (sulfide) groups is 1. The van der Waals surface area contributed by atoms with Crippen LogP contribution < -0.4 is 4.90 Å². The quantitative estimate of drug-likeness (QED) is 0.757. The van der Waals surface area contributed by atoms with Gasteiger partial charge in [-0.1, -0.05) is 32.4 Å². The second kappa shape index (κ2) is 6.99. The Kier molecular flexibility index (Phi) is 6.14. The van der Waals surface area contributed by atoms with E-state index in [1.165, 1.54) is 0 Å². The molecule has 0 aliphatic rings. The maximum absolute atomic E-state index is 6.30. The third kappa shape index (κ3) is 4.26. The van der Waals surface area contributed by atoms with Gasteiger partial charge in [0.05, 0.1) is 0 Å². The minimum absolute atomic E-state index is 0.102. The minimum Gasteiger partial charge on any atom is -0.357 e. The lowest BCUT2D eigenvalue weighted by atomic mass is 9.95. The molecule has 1 heterocycles. The molecule has 1 rings (SSSR count). The summed E-state index contributed by atoms with van der Waals surface area (Å²) in [6.45, 7) is 10.5. The van der Waals surface area contributed by atoms with E-state index in [9.17, 15) is 0 Å². The number of hydrogen-bond acceptors (Lipinski definition) is 4. The van der Waals surface area contributed by atoms with E-state index in [2.05, 4.69) is 50.9 Å². The van der Waals surface area contributed by atoms with Crippen molar-refractivity contribution < 1.29 is 0 Å². The molecule has 1 unspecified atom stereocenters. The molecule has 0 aliphatic carbocycles. The van der Waals surface area contributed by atoms with Gasteiger partial charge < -0.3 is 4.90 Å². The fourth-order valence-corrected chi connectivity index (χ4v) is 2.59. The van der Waals surface area contributed by atoms with E-state index in [-0.39, 0.29) is 5.41 Å². The summed E-state index contributed by atoms with van der Waals surface area (Å²) < 4.78 is 0. The number of hydrogen-bond donors (Lipinski definition) is 0. The van der Waals surface area contributed by atoms with Crippen molar-refractivity contribution in [3.8, 4) is 0 Å². The molecule has 0 aliphatic heterocycles. The Morgan fingerprint density at radius 3 is 2.40 bits per heavy atom. The van der Waals surface area contributed by atoms with Gasteiger partial charge in [-0.2, -0.15) is 11.8 Å². The fraction of sp³-hybridized carbons (Fsp3) is 0.733. The van der Waals surface area contributed by atoms with Gasteiger partial charge in [0, 0.05) is 24.1 Å². The number of anilines is 1. The van der Waals surface area contributed by atoms with Gasteiger partial charge in [-0.15, -0.1) is 0 Å². The lowest BCUT2D eigenvalue weighted by molar-refractivity contribution is 0.541. The standard InChI is InChI=1S/C15H26ClN3S/c1-10(8-9-20-7)19(6)13-11(2)12(16)17-14(18-13)15(3,4)5/h10H,8-9H2,1-7H3. The SMILES string of the molecule is CSCCC(C)N(C)c1nc(C(C)(C)C)nc(Cl)c1C. The minimum atomic E-state index is -0.102. The van der Waals surface area contributed by atoms with Crippen molar-refractivity contribution in [3.05, 3.63) is 16.5 Å². The van der Waals surface area contributed by atoms with Crippen LogP contribution >= 0.6 is 23.4 Å². The predicted octanol–water partition coefficient (Wildman–Crippen LogP) is 4.31. The van der Waals surface area contributed by atoms with Crippen LogP contribution in [0.3, 0.4) is 0 Å². The Labute approximate surface area is 132 Å². The molecular weight excluding hydrogens is 290 g/mol. The number of aromatic nitrogens is 2. The molecule has 0 saturated carbocycles. The molecule has 114 valence electrons. The van der Waals surface area contributed by atoms with Gasteiger partial charge in [0.25, 0.3) is 0 Å². The average Bonchev–Trinajstić information content (AvgIpc) is 2.36. The molecule has 0 fully saturated rings. The van der Waals surface area contributed by atoms with Crippen molar-refractivity contribution in [1.29, 1.82) is 0 Å². The molecule has 0 bridgehead atoms. The first-order chi connectivity index (χ1) is 9.18. The Bertz CT molecular complexity index is 457. The van der Waals surface area contributed by atoms with E-state index < -0.39 is 0 Å². The van der Waals surface area contributed by atoms with Crippen molar-refractivity contribution in [3.63, 3.8) is 0 Å². The van der Waals surface area contributed by atoms with Crippen molar-refractivity contribution >= 4 is 29.2 Å². The molecule has 3 nitrogen and oxygen atoms in total. The summed E-state index contributed by atoms with van der Waals surface area (Å²) in [5.41, 5.74) is 0.855. The number of nitrogens with zero attached hydrogens (tertiary/aromatic N) is 3. The summed E-state index contributed by atoms with van der Waals surface area (Å²) in [7, 11) is 2.09. The molecule has 0 radical (unpaired) electrons. The van der Waals surface area contributed by atoms with E-state index in [0.717, 1.165) is 29.4 Å². The zero-order chi connectivity index (χ0) is 15.5. The average molecular weight is 316 g/mol. The molecule has 5 heteroatoms. The summed E-state index contributed by atoms with van der Waals surface area (Å²) in [6, 6.07) is 0.430. The van der Waals surface area contributed by atoms with E-state index >= 15 is 0 Å². The topological polar surface area (TPSA) is 29.0 Å². The first kappa shape index (κ1) is 17.6. The first-order valence-corrected chi connectivity index (χ1v) is 8.72. The third-order valence-corrected chi connectivity index (χ3v) is 4.48. The maximum atomic E-state index is 6.30. The van der Waals surface area contributed by atoms with Crippen LogP contribution in [0, 0.1) is 6.92 Å². The highest BCUT2D eigenvalue weighted by Crippen LogP contribution is 2.29. The highest BCUT2D eigenvalue weighted by Gasteiger charge is 2.23. The van der Waals surface area contributed by atoms with Crippen molar-refractivity contribution in [2.75, 3.05) is 24.0 Å². The van der Waals surface area contributed by atoms with E-state index in [1.54, 1.807) is 0 Å². The van der Waals surface area contributed by atoms with Crippen LogP contribution in [0.1, 0.15) is 45.5 Å². The molecule has 0 saturated heterocycles. The van der Waals surface area contributed by atoms with Crippen molar-refractivity contribution in [1.82, 2.24) is 9.97 Å². The molecule has 0 amide bonds. The smallest absolute Gasteiger partial charge is 0.137 e. The van der Waals surface area contributed by atoms with E-state index in [0.29, 0.717) is 11.2 Å². The maximum Gasteiger partial charge on any atom is 0.137 e. The highest BCUT2D eigenvalue weighted by molar-refractivity contribution is 7.98. The number of halogens is 1. The van der Waals surface area contributed by atoms with Gasteiger partial charge in [0.1, 0.15) is 16.8 Å². The molecule has 1 aromatic rings. The van der Waals surface area contributed by atoms with Crippen LogP contribution in [0.5, 0.6) is 0 Å². The van der Waals surface area contributed by atoms with Crippen LogP contribution in [0.25, 0.3) is 0 Å². The van der Waals surface area contributed by atoms with Gasteiger partial charge in [-0.05, 0) is 32.3 Å². The largest absolute Gasteiger partial charge is 0.357 e. The Hall–Kier alpha value is -0.480. The van der Waals surface area contributed by atoms with Crippen LogP contribution in [0.2, 0.25) is 5.15 Å². The molecule has 0 aromatic carbocycles.